The van der Waals surface area contributed by atoms with Crippen molar-refractivity contribution in [1.82, 2.24) is 19.8 Å². The summed E-state index contributed by atoms with van der Waals surface area (Å²) < 4.78 is 0. The number of amides is 1. The van der Waals surface area contributed by atoms with E-state index in [-0.39, 0.29) is 11.9 Å². The molecule has 24 heavy (non-hydrogen) atoms. The summed E-state index contributed by atoms with van der Waals surface area (Å²) >= 11 is 0. The Morgan fingerprint density at radius 2 is 1.79 bits per heavy atom. The van der Waals surface area contributed by atoms with Crippen LogP contribution in [0.2, 0.25) is 0 Å². The van der Waals surface area contributed by atoms with Gasteiger partial charge in [-0.2, -0.15) is 4.98 Å². The first-order chi connectivity index (χ1) is 11.5. The predicted molar refractivity (Wildman–Crippen MR) is 94.1 cm³/mol. The monoisotopic (exact) mass is 326 g/mol. The first kappa shape index (κ1) is 16.2. The van der Waals surface area contributed by atoms with Gasteiger partial charge < -0.3 is 21.3 Å². The van der Waals surface area contributed by atoms with E-state index in [1.165, 1.54) is 0 Å². The van der Waals surface area contributed by atoms with Gasteiger partial charge in [0, 0.05) is 37.9 Å². The molecule has 0 bridgehead atoms. The van der Waals surface area contributed by atoms with Gasteiger partial charge in [0.05, 0.1) is 6.42 Å². The van der Waals surface area contributed by atoms with Crippen LogP contribution in [-0.2, 0) is 11.2 Å². The fourth-order valence-electron chi connectivity index (χ4n) is 2.78. The lowest BCUT2D eigenvalue weighted by atomic mass is 10.0. The number of carbonyl (C=O) groups is 1. The molecule has 0 atom stereocenters. The highest BCUT2D eigenvalue weighted by Crippen LogP contribution is 2.24. The molecule has 7 heteroatoms. The van der Waals surface area contributed by atoms with E-state index in [4.69, 9.17) is 11.5 Å². The van der Waals surface area contributed by atoms with Crippen LogP contribution in [0.15, 0.2) is 30.5 Å². The van der Waals surface area contributed by atoms with Crippen LogP contribution in [0.5, 0.6) is 0 Å². The zero-order chi connectivity index (χ0) is 17.1. The molecule has 0 unspecified atom stereocenters. The van der Waals surface area contributed by atoms with Crippen LogP contribution in [0.25, 0.3) is 11.1 Å². The first-order valence-electron chi connectivity index (χ1n) is 7.96. The third-order valence-corrected chi connectivity index (χ3v) is 4.31. The van der Waals surface area contributed by atoms with Gasteiger partial charge in [0.2, 0.25) is 11.9 Å². The number of nitrogen functional groups attached to an aromatic ring is 2. The lowest BCUT2D eigenvalue weighted by Crippen LogP contribution is -2.47. The number of rotatable bonds is 3. The van der Waals surface area contributed by atoms with E-state index < -0.39 is 0 Å². The Hall–Kier alpha value is -2.67. The quantitative estimate of drug-likeness (QED) is 0.857. The molecule has 2 aromatic rings. The maximum Gasteiger partial charge on any atom is 0.227 e. The minimum absolute atomic E-state index is 0.158. The molecule has 0 spiro atoms. The lowest BCUT2D eigenvalue weighted by molar-refractivity contribution is -0.132. The highest BCUT2D eigenvalue weighted by atomic mass is 16.2. The minimum atomic E-state index is 0.158. The van der Waals surface area contributed by atoms with Gasteiger partial charge in [-0.05, 0) is 18.2 Å². The summed E-state index contributed by atoms with van der Waals surface area (Å²) in [5, 5.41) is 0. The largest absolute Gasteiger partial charge is 0.383 e. The standard InChI is InChI=1S/C17H22N6O/c1-22-6-8-23(9-7-22)15(24)10-12-2-4-13(5-3-12)14-11-20-17(19)21-16(14)18/h2-5,11H,6-10H2,1H3,(H4,18,19,20,21). The van der Waals surface area contributed by atoms with Crippen molar-refractivity contribution < 1.29 is 4.79 Å². The minimum Gasteiger partial charge on any atom is -0.383 e. The molecule has 1 aromatic heterocycles. The van der Waals surface area contributed by atoms with Gasteiger partial charge in [-0.1, -0.05) is 24.3 Å². The molecule has 1 amide bonds. The number of piperazine rings is 1. The molecule has 1 fully saturated rings. The van der Waals surface area contributed by atoms with Crippen molar-refractivity contribution in [2.24, 2.45) is 0 Å². The Balaban J connectivity index is 1.67. The van der Waals surface area contributed by atoms with Gasteiger partial charge in [0.15, 0.2) is 0 Å². The van der Waals surface area contributed by atoms with E-state index in [9.17, 15) is 4.79 Å². The zero-order valence-corrected chi connectivity index (χ0v) is 13.8. The van der Waals surface area contributed by atoms with E-state index in [2.05, 4.69) is 21.9 Å². The number of carbonyl (C=O) groups excluding carboxylic acids is 1. The summed E-state index contributed by atoms with van der Waals surface area (Å²) in [6.45, 7) is 3.46. The molecule has 126 valence electrons. The molecule has 1 aromatic carbocycles. The van der Waals surface area contributed by atoms with E-state index in [0.717, 1.165) is 42.9 Å². The van der Waals surface area contributed by atoms with Gasteiger partial charge in [-0.3, -0.25) is 4.79 Å². The molecule has 1 aliphatic heterocycles. The average Bonchev–Trinajstić information content (AvgIpc) is 2.56. The Morgan fingerprint density at radius 1 is 1.12 bits per heavy atom. The van der Waals surface area contributed by atoms with Crippen molar-refractivity contribution in [1.29, 1.82) is 0 Å². The van der Waals surface area contributed by atoms with E-state index in [1.54, 1.807) is 6.20 Å². The molecule has 1 aliphatic rings. The van der Waals surface area contributed by atoms with Crippen LogP contribution in [0, 0.1) is 0 Å². The molecule has 4 N–H and O–H groups in total. The van der Waals surface area contributed by atoms with Crippen molar-refractivity contribution in [3.63, 3.8) is 0 Å². The fraction of sp³-hybridized carbons (Fsp3) is 0.353. The van der Waals surface area contributed by atoms with Crippen LogP contribution in [0.4, 0.5) is 11.8 Å². The number of hydrogen-bond acceptors (Lipinski definition) is 6. The first-order valence-corrected chi connectivity index (χ1v) is 7.96. The number of benzene rings is 1. The Morgan fingerprint density at radius 3 is 2.42 bits per heavy atom. The molecule has 0 saturated carbocycles. The molecule has 0 radical (unpaired) electrons. The van der Waals surface area contributed by atoms with Crippen molar-refractivity contribution in [3.05, 3.63) is 36.0 Å². The second-order valence-electron chi connectivity index (χ2n) is 6.08. The number of aromatic nitrogens is 2. The maximum absolute atomic E-state index is 12.4. The zero-order valence-electron chi connectivity index (χ0n) is 13.8. The van der Waals surface area contributed by atoms with E-state index in [0.29, 0.717) is 12.2 Å². The molecule has 2 heterocycles. The smallest absolute Gasteiger partial charge is 0.227 e. The Kier molecular flexibility index (Phi) is 4.61. The van der Waals surface area contributed by atoms with Gasteiger partial charge in [0.25, 0.3) is 0 Å². The van der Waals surface area contributed by atoms with Gasteiger partial charge in [-0.25, -0.2) is 4.98 Å². The Bertz CT molecular complexity index is 722. The second kappa shape index (κ2) is 6.84. The van der Waals surface area contributed by atoms with Crippen molar-refractivity contribution in [2.45, 2.75) is 6.42 Å². The number of nitrogens with two attached hydrogens (primary N) is 2. The van der Waals surface area contributed by atoms with Gasteiger partial charge in [0.1, 0.15) is 5.82 Å². The van der Waals surface area contributed by atoms with Gasteiger partial charge >= 0.3 is 0 Å². The SMILES string of the molecule is CN1CCN(C(=O)Cc2ccc(-c3cnc(N)nc3N)cc2)CC1. The van der Waals surface area contributed by atoms with Crippen LogP contribution in [0.3, 0.4) is 0 Å². The summed E-state index contributed by atoms with van der Waals surface area (Å²) in [5.41, 5.74) is 14.0. The van der Waals surface area contributed by atoms with E-state index in [1.807, 2.05) is 29.2 Å². The number of nitrogens with zero attached hydrogens (tertiary/aromatic N) is 4. The van der Waals surface area contributed by atoms with Crippen LogP contribution < -0.4 is 11.5 Å². The molecular weight excluding hydrogens is 304 g/mol. The van der Waals surface area contributed by atoms with Crippen LogP contribution >= 0.6 is 0 Å². The average molecular weight is 326 g/mol. The summed E-state index contributed by atoms with van der Waals surface area (Å²) in [4.78, 5) is 24.5. The second-order valence-corrected chi connectivity index (χ2v) is 6.08. The summed E-state index contributed by atoms with van der Waals surface area (Å²) in [6.07, 6.45) is 2.03. The Labute approximate surface area is 141 Å². The van der Waals surface area contributed by atoms with Gasteiger partial charge in [-0.15, -0.1) is 0 Å². The number of likely N-dealkylation sites (N-methyl/N-ethyl adjacent to an activating group) is 1. The topological polar surface area (TPSA) is 101 Å². The van der Waals surface area contributed by atoms with Crippen LogP contribution in [0.1, 0.15) is 5.56 Å². The van der Waals surface area contributed by atoms with Crippen molar-refractivity contribution in [3.8, 4) is 11.1 Å². The lowest BCUT2D eigenvalue weighted by Gasteiger charge is -2.32. The number of hydrogen-bond donors (Lipinski definition) is 2. The number of anilines is 2. The maximum atomic E-state index is 12.4. The molecule has 1 saturated heterocycles. The van der Waals surface area contributed by atoms with E-state index >= 15 is 0 Å². The highest BCUT2D eigenvalue weighted by molar-refractivity contribution is 5.79. The third kappa shape index (κ3) is 3.62. The predicted octanol–water partition coefficient (Wildman–Crippen LogP) is 0.625. The van der Waals surface area contributed by atoms with Crippen molar-refractivity contribution >= 4 is 17.7 Å². The molecule has 3 rings (SSSR count). The molecule has 0 aliphatic carbocycles. The highest BCUT2D eigenvalue weighted by Gasteiger charge is 2.19. The summed E-state index contributed by atoms with van der Waals surface area (Å²) in [6, 6.07) is 7.74. The third-order valence-electron chi connectivity index (χ3n) is 4.31. The fourth-order valence-corrected chi connectivity index (χ4v) is 2.78. The summed E-state index contributed by atoms with van der Waals surface area (Å²) in [5.74, 6) is 0.681. The molecule has 7 nitrogen and oxygen atoms in total. The van der Waals surface area contributed by atoms with Crippen LogP contribution in [-0.4, -0.2) is 58.9 Å². The summed E-state index contributed by atoms with van der Waals surface area (Å²) in [7, 11) is 2.08. The molecular formula is C17H22N6O. The van der Waals surface area contributed by atoms with Crippen molar-refractivity contribution in [2.75, 3.05) is 44.7 Å². The normalized spacial score (nSPS) is 15.5.